The summed E-state index contributed by atoms with van der Waals surface area (Å²) in [5, 5.41) is 12.2. The molecule has 2 heterocycles. The predicted molar refractivity (Wildman–Crippen MR) is 171 cm³/mol. The maximum atomic E-state index is 13.8. The first kappa shape index (κ1) is 35.7. The van der Waals surface area contributed by atoms with Crippen molar-refractivity contribution < 1.29 is 52.4 Å². The van der Waals surface area contributed by atoms with Crippen molar-refractivity contribution in [2.45, 2.75) is 72.2 Å². The molecule has 5 atom stereocenters. The molecule has 0 radical (unpaired) electrons. The normalized spacial score (nSPS) is 20.2. The highest BCUT2D eigenvalue weighted by atomic mass is 32.1. The SMILES string of the molecule is CCOC(=O)c1c(-c2cccc3ccccc23)c(C#N)c(=S)n([C@H]2O[C@@H](COC(C)=O)[C@@H](OC(C)=O)[C@@H](OC(C)=O)[C@H]2OC(C)=O)c1C. The summed E-state index contributed by atoms with van der Waals surface area (Å²) in [5.41, 5.74) is 0.795. The third kappa shape index (κ3) is 7.37. The Morgan fingerprint density at radius 2 is 1.46 bits per heavy atom. The van der Waals surface area contributed by atoms with E-state index in [1.807, 2.05) is 30.3 Å². The van der Waals surface area contributed by atoms with Gasteiger partial charge in [-0.05, 0) is 30.2 Å². The fraction of sp³-hybridized carbons (Fsp3) is 0.382. The monoisotopic (exact) mass is 678 g/mol. The highest BCUT2D eigenvalue weighted by molar-refractivity contribution is 7.71. The number of carbonyl (C=O) groups is 5. The first-order valence-electron chi connectivity index (χ1n) is 15.0. The van der Waals surface area contributed by atoms with Gasteiger partial charge < -0.3 is 33.0 Å². The van der Waals surface area contributed by atoms with E-state index in [9.17, 15) is 29.2 Å². The molecule has 0 spiro atoms. The van der Waals surface area contributed by atoms with Gasteiger partial charge in [-0.15, -0.1) is 0 Å². The standard InChI is InChI=1S/C34H34N2O11S/c1-7-42-34(41)27-17(2)36(33(48)25(15-35)28(27)24-14-10-12-22-11-8-9-13-23(22)24)32-31(46-21(6)40)30(45-20(5)39)29(44-19(4)38)26(47-32)16-43-18(3)37/h8-14,26,29-32H,7,16H2,1-6H3/t26-,29+,30+,31+,32-/m0/s1. The van der Waals surface area contributed by atoms with Crippen LogP contribution in [0.4, 0.5) is 0 Å². The maximum Gasteiger partial charge on any atom is 0.340 e. The van der Waals surface area contributed by atoms with Crippen LogP contribution in [0.3, 0.4) is 0 Å². The summed E-state index contributed by atoms with van der Waals surface area (Å²) < 4.78 is 34.9. The molecule has 252 valence electrons. The minimum Gasteiger partial charge on any atom is -0.463 e. The molecule has 2 aromatic carbocycles. The van der Waals surface area contributed by atoms with Gasteiger partial charge in [0.1, 0.15) is 23.4 Å². The second kappa shape index (κ2) is 15.2. The van der Waals surface area contributed by atoms with Crippen LogP contribution >= 0.6 is 12.2 Å². The zero-order chi connectivity index (χ0) is 35.3. The first-order valence-corrected chi connectivity index (χ1v) is 15.4. The van der Waals surface area contributed by atoms with Gasteiger partial charge in [-0.1, -0.05) is 54.7 Å². The molecule has 0 N–H and O–H groups in total. The van der Waals surface area contributed by atoms with E-state index in [-0.39, 0.29) is 33.6 Å². The van der Waals surface area contributed by atoms with Crippen LogP contribution in [-0.4, -0.2) is 72.0 Å². The molecule has 3 aromatic rings. The molecular formula is C34H34N2O11S. The lowest BCUT2D eigenvalue weighted by Crippen LogP contribution is -2.60. The number of ether oxygens (including phenoxy) is 6. The molecule has 0 aliphatic carbocycles. The number of aromatic nitrogens is 1. The van der Waals surface area contributed by atoms with E-state index < -0.39 is 67.1 Å². The number of nitriles is 1. The molecule has 14 heteroatoms. The molecule has 1 aromatic heterocycles. The Kier molecular flexibility index (Phi) is 11.3. The zero-order valence-electron chi connectivity index (χ0n) is 27.1. The van der Waals surface area contributed by atoms with Crippen LogP contribution in [0.2, 0.25) is 0 Å². The molecule has 0 unspecified atom stereocenters. The van der Waals surface area contributed by atoms with Gasteiger partial charge >= 0.3 is 29.8 Å². The highest BCUT2D eigenvalue weighted by Crippen LogP contribution is 2.41. The highest BCUT2D eigenvalue weighted by Gasteiger charge is 2.53. The lowest BCUT2D eigenvalue weighted by Gasteiger charge is -2.45. The van der Waals surface area contributed by atoms with Crippen molar-refractivity contribution >= 4 is 52.8 Å². The number of benzene rings is 2. The topological polar surface area (TPSA) is 169 Å². The van der Waals surface area contributed by atoms with E-state index in [1.54, 1.807) is 26.0 Å². The number of fused-ring (bicyclic) bond motifs is 1. The maximum absolute atomic E-state index is 13.8. The van der Waals surface area contributed by atoms with Gasteiger partial charge in [-0.2, -0.15) is 5.26 Å². The van der Waals surface area contributed by atoms with E-state index in [0.717, 1.165) is 38.5 Å². The Bertz CT molecular complexity index is 1870. The Balaban J connectivity index is 2.09. The lowest BCUT2D eigenvalue weighted by atomic mass is 9.90. The van der Waals surface area contributed by atoms with Crippen LogP contribution in [-0.2, 0) is 47.6 Å². The number of hydrogen-bond acceptors (Lipinski definition) is 13. The van der Waals surface area contributed by atoms with Crippen LogP contribution in [0, 0.1) is 22.9 Å². The fourth-order valence-electron chi connectivity index (χ4n) is 5.80. The Labute approximate surface area is 281 Å². The minimum absolute atomic E-state index is 0.00379. The van der Waals surface area contributed by atoms with E-state index in [1.165, 1.54) is 4.57 Å². The molecule has 1 aliphatic heterocycles. The smallest absolute Gasteiger partial charge is 0.340 e. The summed E-state index contributed by atoms with van der Waals surface area (Å²) in [5.74, 6) is -3.90. The fourth-order valence-corrected chi connectivity index (χ4v) is 6.18. The molecule has 1 fully saturated rings. The van der Waals surface area contributed by atoms with Crippen molar-refractivity contribution in [3.63, 3.8) is 0 Å². The van der Waals surface area contributed by atoms with E-state index >= 15 is 0 Å². The summed E-state index contributed by atoms with van der Waals surface area (Å²) in [7, 11) is 0. The number of pyridine rings is 1. The number of carbonyl (C=O) groups excluding carboxylic acids is 5. The van der Waals surface area contributed by atoms with Crippen LogP contribution in [0.25, 0.3) is 21.9 Å². The second-order valence-electron chi connectivity index (χ2n) is 10.8. The van der Waals surface area contributed by atoms with Crippen LogP contribution in [0.5, 0.6) is 0 Å². The van der Waals surface area contributed by atoms with Gasteiger partial charge in [-0.25, -0.2) is 4.79 Å². The van der Waals surface area contributed by atoms with Gasteiger partial charge in [-0.3, -0.25) is 19.2 Å². The number of esters is 5. The van der Waals surface area contributed by atoms with Gasteiger partial charge in [0.15, 0.2) is 24.5 Å². The minimum atomic E-state index is -1.54. The molecule has 0 amide bonds. The Hall–Kier alpha value is -5.13. The van der Waals surface area contributed by atoms with Crippen molar-refractivity contribution in [1.82, 2.24) is 4.57 Å². The average Bonchev–Trinajstić information content (AvgIpc) is 3.01. The summed E-state index contributed by atoms with van der Waals surface area (Å²) in [6.45, 7) is 7.17. The van der Waals surface area contributed by atoms with E-state index in [0.29, 0.717) is 5.56 Å². The summed E-state index contributed by atoms with van der Waals surface area (Å²) in [6.07, 6.45) is -7.27. The molecule has 48 heavy (non-hydrogen) atoms. The van der Waals surface area contributed by atoms with Crippen molar-refractivity contribution in [2.75, 3.05) is 13.2 Å². The van der Waals surface area contributed by atoms with Gasteiger partial charge in [0.05, 0.1) is 17.7 Å². The molecule has 1 aliphatic rings. The summed E-state index contributed by atoms with van der Waals surface area (Å²) >= 11 is 5.91. The lowest BCUT2D eigenvalue weighted by molar-refractivity contribution is -0.269. The summed E-state index contributed by atoms with van der Waals surface area (Å²) in [6, 6.07) is 15.0. The second-order valence-corrected chi connectivity index (χ2v) is 11.2. The van der Waals surface area contributed by atoms with Crippen LogP contribution < -0.4 is 0 Å². The third-order valence-corrected chi connectivity index (χ3v) is 7.93. The molecule has 13 nitrogen and oxygen atoms in total. The van der Waals surface area contributed by atoms with Crippen molar-refractivity contribution in [2.24, 2.45) is 0 Å². The molecule has 1 saturated heterocycles. The molecule has 0 saturated carbocycles. The zero-order valence-corrected chi connectivity index (χ0v) is 28.0. The van der Waals surface area contributed by atoms with Crippen LogP contribution in [0.1, 0.15) is 62.5 Å². The first-order chi connectivity index (χ1) is 22.8. The molecule has 4 rings (SSSR count). The summed E-state index contributed by atoms with van der Waals surface area (Å²) in [4.78, 5) is 62.7. The van der Waals surface area contributed by atoms with Gasteiger partial charge in [0.2, 0.25) is 0 Å². The van der Waals surface area contributed by atoms with Crippen molar-refractivity contribution in [3.05, 3.63) is 63.9 Å². The van der Waals surface area contributed by atoms with Crippen LogP contribution in [0.15, 0.2) is 42.5 Å². The Morgan fingerprint density at radius 3 is 2.06 bits per heavy atom. The molecule has 0 bridgehead atoms. The van der Waals surface area contributed by atoms with E-state index in [4.69, 9.17) is 40.6 Å². The largest absolute Gasteiger partial charge is 0.463 e. The average molecular weight is 679 g/mol. The number of rotatable bonds is 9. The van der Waals surface area contributed by atoms with Gasteiger partial charge in [0, 0.05) is 39.0 Å². The number of hydrogen-bond donors (Lipinski definition) is 0. The van der Waals surface area contributed by atoms with Crippen molar-refractivity contribution in [3.8, 4) is 17.2 Å². The third-order valence-electron chi connectivity index (χ3n) is 7.53. The quantitative estimate of drug-likeness (QED) is 0.174. The van der Waals surface area contributed by atoms with E-state index in [2.05, 4.69) is 6.07 Å². The Morgan fingerprint density at radius 1 is 0.854 bits per heavy atom. The predicted octanol–water partition coefficient (Wildman–Crippen LogP) is 4.65. The number of nitrogens with zero attached hydrogens (tertiary/aromatic N) is 2. The molecular weight excluding hydrogens is 644 g/mol. The van der Waals surface area contributed by atoms with Gasteiger partial charge in [0.25, 0.3) is 0 Å². The van der Waals surface area contributed by atoms with Crippen molar-refractivity contribution in [1.29, 1.82) is 5.26 Å².